The SMILES string of the molecule is CC1CN=C(CO)N1. The van der Waals surface area contributed by atoms with Gasteiger partial charge in [-0.3, -0.25) is 4.99 Å². The number of hydrogen-bond donors (Lipinski definition) is 2. The first kappa shape index (κ1) is 5.56. The Kier molecular flexibility index (Phi) is 1.48. The monoisotopic (exact) mass is 114 g/mol. The van der Waals surface area contributed by atoms with Crippen LogP contribution in [0.25, 0.3) is 0 Å². The van der Waals surface area contributed by atoms with E-state index in [2.05, 4.69) is 10.3 Å². The fourth-order valence-electron chi connectivity index (χ4n) is 0.718. The van der Waals surface area contributed by atoms with Gasteiger partial charge in [-0.05, 0) is 6.92 Å². The second-order valence-corrected chi connectivity index (χ2v) is 1.99. The second-order valence-electron chi connectivity index (χ2n) is 1.99. The van der Waals surface area contributed by atoms with Gasteiger partial charge in [-0.1, -0.05) is 0 Å². The molecule has 0 saturated carbocycles. The van der Waals surface area contributed by atoms with E-state index in [1.54, 1.807) is 0 Å². The molecule has 0 radical (unpaired) electrons. The highest BCUT2D eigenvalue weighted by Gasteiger charge is 2.09. The van der Waals surface area contributed by atoms with Gasteiger partial charge in [-0.2, -0.15) is 0 Å². The van der Waals surface area contributed by atoms with Crippen molar-refractivity contribution in [2.45, 2.75) is 13.0 Å². The van der Waals surface area contributed by atoms with Crippen LogP contribution < -0.4 is 5.32 Å². The molecule has 8 heavy (non-hydrogen) atoms. The van der Waals surface area contributed by atoms with Gasteiger partial charge in [0, 0.05) is 6.04 Å². The van der Waals surface area contributed by atoms with Gasteiger partial charge in [-0.15, -0.1) is 0 Å². The maximum absolute atomic E-state index is 8.49. The largest absolute Gasteiger partial charge is 0.388 e. The molecular weight excluding hydrogens is 104 g/mol. The Morgan fingerprint density at radius 3 is 3.00 bits per heavy atom. The van der Waals surface area contributed by atoms with Crippen LogP contribution in [0.3, 0.4) is 0 Å². The van der Waals surface area contributed by atoms with Gasteiger partial charge in [0.15, 0.2) is 0 Å². The number of nitrogens with zero attached hydrogens (tertiary/aromatic N) is 1. The highest BCUT2D eigenvalue weighted by molar-refractivity contribution is 5.84. The number of amidine groups is 1. The number of aliphatic imine (C=N–C) groups is 1. The molecule has 0 aliphatic carbocycles. The Labute approximate surface area is 48.4 Å². The number of nitrogens with one attached hydrogen (secondary N) is 1. The van der Waals surface area contributed by atoms with Crippen molar-refractivity contribution in [3.63, 3.8) is 0 Å². The molecule has 0 amide bonds. The maximum Gasteiger partial charge on any atom is 0.123 e. The summed E-state index contributed by atoms with van der Waals surface area (Å²) < 4.78 is 0. The molecule has 0 aromatic heterocycles. The molecule has 1 rings (SSSR count). The zero-order valence-corrected chi connectivity index (χ0v) is 4.89. The fraction of sp³-hybridized carbons (Fsp3) is 0.800. The highest BCUT2D eigenvalue weighted by Crippen LogP contribution is 1.92. The Morgan fingerprint density at radius 1 is 2.00 bits per heavy atom. The predicted octanol–water partition coefficient (Wildman–Crippen LogP) is -0.631. The number of aliphatic hydroxyl groups excluding tert-OH is 1. The van der Waals surface area contributed by atoms with E-state index >= 15 is 0 Å². The van der Waals surface area contributed by atoms with Crippen molar-refractivity contribution >= 4 is 5.84 Å². The number of rotatable bonds is 1. The maximum atomic E-state index is 8.49. The van der Waals surface area contributed by atoms with Crippen molar-refractivity contribution in [3.8, 4) is 0 Å². The minimum atomic E-state index is 0.0460. The second kappa shape index (κ2) is 2.13. The van der Waals surface area contributed by atoms with E-state index in [0.717, 1.165) is 12.4 Å². The van der Waals surface area contributed by atoms with E-state index in [9.17, 15) is 0 Å². The fourth-order valence-corrected chi connectivity index (χ4v) is 0.718. The van der Waals surface area contributed by atoms with Crippen molar-refractivity contribution < 1.29 is 5.11 Å². The average Bonchev–Trinajstić information content (AvgIpc) is 2.14. The Hall–Kier alpha value is -0.570. The summed E-state index contributed by atoms with van der Waals surface area (Å²) in [5.74, 6) is 0.720. The third-order valence-corrected chi connectivity index (χ3v) is 1.12. The molecule has 0 fully saturated rings. The third kappa shape index (κ3) is 0.980. The Bertz CT molecular complexity index is 111. The van der Waals surface area contributed by atoms with Crippen LogP contribution in [0.5, 0.6) is 0 Å². The summed E-state index contributed by atoms with van der Waals surface area (Å²) in [5, 5.41) is 11.5. The van der Waals surface area contributed by atoms with Gasteiger partial charge in [0.2, 0.25) is 0 Å². The molecule has 3 nitrogen and oxygen atoms in total. The lowest BCUT2D eigenvalue weighted by molar-refractivity contribution is 0.353. The molecule has 0 aromatic carbocycles. The van der Waals surface area contributed by atoms with Crippen LogP contribution in [0.2, 0.25) is 0 Å². The number of hydrogen-bond acceptors (Lipinski definition) is 3. The van der Waals surface area contributed by atoms with Crippen LogP contribution in [0, 0.1) is 0 Å². The molecule has 46 valence electrons. The Morgan fingerprint density at radius 2 is 2.75 bits per heavy atom. The summed E-state index contributed by atoms with van der Waals surface area (Å²) >= 11 is 0. The molecule has 2 N–H and O–H groups in total. The van der Waals surface area contributed by atoms with Crippen LogP contribution in [0.15, 0.2) is 4.99 Å². The van der Waals surface area contributed by atoms with Crippen molar-refractivity contribution in [2.75, 3.05) is 13.2 Å². The smallest absolute Gasteiger partial charge is 0.123 e. The molecular formula is C5H10N2O. The first-order valence-electron chi connectivity index (χ1n) is 2.73. The van der Waals surface area contributed by atoms with Crippen LogP contribution in [0.1, 0.15) is 6.92 Å². The van der Waals surface area contributed by atoms with E-state index < -0.39 is 0 Å². The lowest BCUT2D eigenvalue weighted by Crippen LogP contribution is -2.29. The zero-order valence-electron chi connectivity index (χ0n) is 4.89. The molecule has 1 aliphatic rings. The minimum Gasteiger partial charge on any atom is -0.388 e. The average molecular weight is 114 g/mol. The van der Waals surface area contributed by atoms with Gasteiger partial charge in [0.25, 0.3) is 0 Å². The molecule has 1 unspecified atom stereocenters. The molecule has 0 bridgehead atoms. The molecule has 1 heterocycles. The minimum absolute atomic E-state index is 0.0460. The molecule has 3 heteroatoms. The van der Waals surface area contributed by atoms with Crippen molar-refractivity contribution in [2.24, 2.45) is 4.99 Å². The summed E-state index contributed by atoms with van der Waals surface area (Å²) in [6.07, 6.45) is 0. The van der Waals surface area contributed by atoms with Gasteiger partial charge in [-0.25, -0.2) is 0 Å². The predicted molar refractivity (Wildman–Crippen MR) is 32.0 cm³/mol. The molecule has 0 aromatic rings. The summed E-state index contributed by atoms with van der Waals surface area (Å²) in [6.45, 7) is 2.88. The van der Waals surface area contributed by atoms with E-state index in [1.807, 2.05) is 6.92 Å². The van der Waals surface area contributed by atoms with Gasteiger partial charge < -0.3 is 10.4 Å². The van der Waals surface area contributed by atoms with E-state index in [1.165, 1.54) is 0 Å². The first-order chi connectivity index (χ1) is 3.83. The lowest BCUT2D eigenvalue weighted by Gasteiger charge is -2.00. The normalized spacial score (nSPS) is 27.2. The lowest BCUT2D eigenvalue weighted by atomic mass is 10.4. The summed E-state index contributed by atoms with van der Waals surface area (Å²) in [4.78, 5) is 3.99. The quantitative estimate of drug-likeness (QED) is 0.476. The summed E-state index contributed by atoms with van der Waals surface area (Å²) in [6, 6.07) is 0.414. The molecule has 0 saturated heterocycles. The zero-order chi connectivity index (χ0) is 5.98. The van der Waals surface area contributed by atoms with Crippen molar-refractivity contribution in [1.82, 2.24) is 5.32 Å². The highest BCUT2D eigenvalue weighted by atomic mass is 16.3. The molecule has 1 atom stereocenters. The first-order valence-corrected chi connectivity index (χ1v) is 2.73. The van der Waals surface area contributed by atoms with E-state index in [0.29, 0.717) is 6.04 Å². The van der Waals surface area contributed by atoms with Gasteiger partial charge >= 0.3 is 0 Å². The topological polar surface area (TPSA) is 44.6 Å². The molecule has 1 aliphatic heterocycles. The van der Waals surface area contributed by atoms with Crippen molar-refractivity contribution in [3.05, 3.63) is 0 Å². The van der Waals surface area contributed by atoms with Crippen LogP contribution in [-0.4, -0.2) is 30.1 Å². The van der Waals surface area contributed by atoms with Crippen LogP contribution in [0.4, 0.5) is 0 Å². The van der Waals surface area contributed by atoms with E-state index in [4.69, 9.17) is 5.11 Å². The van der Waals surface area contributed by atoms with Crippen LogP contribution in [-0.2, 0) is 0 Å². The van der Waals surface area contributed by atoms with E-state index in [-0.39, 0.29) is 6.61 Å². The summed E-state index contributed by atoms with van der Waals surface area (Å²) in [7, 11) is 0. The Balaban J connectivity index is 2.37. The van der Waals surface area contributed by atoms with Gasteiger partial charge in [0.1, 0.15) is 12.4 Å². The van der Waals surface area contributed by atoms with Crippen LogP contribution >= 0.6 is 0 Å². The summed E-state index contributed by atoms with van der Waals surface area (Å²) in [5.41, 5.74) is 0. The van der Waals surface area contributed by atoms with Gasteiger partial charge in [0.05, 0.1) is 6.54 Å². The standard InChI is InChI=1S/C5H10N2O/c1-4-2-6-5(3-8)7-4/h4,8H,2-3H2,1H3,(H,6,7). The van der Waals surface area contributed by atoms with Crippen molar-refractivity contribution in [1.29, 1.82) is 0 Å². The third-order valence-electron chi connectivity index (χ3n) is 1.12. The number of aliphatic hydroxyl groups is 1. The molecule has 0 spiro atoms.